The molecule has 3 heterocycles. The van der Waals surface area contributed by atoms with Crippen LogP contribution in [0.5, 0.6) is 0 Å². The number of hydrogen-bond acceptors (Lipinski definition) is 5. The largest absolute Gasteiger partial charge is 0.396 e. The van der Waals surface area contributed by atoms with Crippen molar-refractivity contribution in [3.63, 3.8) is 0 Å². The Morgan fingerprint density at radius 2 is 2.16 bits per heavy atom. The summed E-state index contributed by atoms with van der Waals surface area (Å²) in [4.78, 5) is 20.7. The van der Waals surface area contributed by atoms with Crippen LogP contribution in [0.3, 0.4) is 0 Å². The highest BCUT2D eigenvalue weighted by Crippen LogP contribution is 2.34. The van der Waals surface area contributed by atoms with Gasteiger partial charge in [0.2, 0.25) is 5.91 Å². The van der Waals surface area contributed by atoms with E-state index in [0.717, 1.165) is 61.7 Å². The minimum Gasteiger partial charge on any atom is -0.396 e. The van der Waals surface area contributed by atoms with Gasteiger partial charge in [0.1, 0.15) is 6.23 Å². The third-order valence-electron chi connectivity index (χ3n) is 6.18. The van der Waals surface area contributed by atoms with Gasteiger partial charge >= 0.3 is 0 Å². The Morgan fingerprint density at radius 1 is 1.29 bits per heavy atom. The molecule has 2 aliphatic rings. The maximum absolute atomic E-state index is 12.5. The Bertz CT molecular complexity index is 1090. The lowest BCUT2D eigenvalue weighted by molar-refractivity contribution is -0.117. The molecule has 1 saturated carbocycles. The van der Waals surface area contributed by atoms with Crippen molar-refractivity contribution < 1.29 is 14.6 Å². The van der Waals surface area contributed by atoms with Gasteiger partial charge in [-0.25, -0.2) is 9.67 Å². The Kier molecular flexibility index (Phi) is 5.50. The fourth-order valence-electron chi connectivity index (χ4n) is 4.26. The molecule has 164 valence electrons. The summed E-state index contributed by atoms with van der Waals surface area (Å²) in [5, 5.41) is 17.2. The molecule has 1 atom stereocenters. The summed E-state index contributed by atoms with van der Waals surface area (Å²) in [6.07, 6.45) is 8.20. The van der Waals surface area contributed by atoms with Crippen molar-refractivity contribution in [3.8, 4) is 11.5 Å². The normalized spacial score (nSPS) is 19.1. The summed E-state index contributed by atoms with van der Waals surface area (Å²) in [5.41, 5.74) is 5.35. The number of aromatic nitrogens is 4. The number of nitrogens with one attached hydrogen (secondary N) is 2. The maximum Gasteiger partial charge on any atom is 0.227 e. The number of fused-ring (bicyclic) bond motifs is 1. The number of nitrogens with zero attached hydrogens (tertiary/aromatic N) is 3. The summed E-state index contributed by atoms with van der Waals surface area (Å²) >= 11 is 0. The zero-order valence-electron chi connectivity index (χ0n) is 17.9. The number of anilines is 1. The smallest absolute Gasteiger partial charge is 0.227 e. The zero-order valence-corrected chi connectivity index (χ0v) is 17.9. The number of aryl methyl sites for hydroxylation is 1. The molecule has 1 aliphatic heterocycles. The van der Waals surface area contributed by atoms with E-state index in [9.17, 15) is 9.90 Å². The second-order valence-corrected chi connectivity index (χ2v) is 8.51. The molecule has 1 saturated heterocycles. The van der Waals surface area contributed by atoms with Crippen molar-refractivity contribution in [2.75, 3.05) is 18.5 Å². The summed E-state index contributed by atoms with van der Waals surface area (Å²) in [7, 11) is 0. The lowest BCUT2D eigenvalue weighted by Gasteiger charge is -2.22. The number of carbonyl (C=O) groups excluding carboxylic acids is 1. The Hall–Kier alpha value is -2.71. The number of H-pyrrole nitrogens is 1. The number of imidazole rings is 1. The zero-order chi connectivity index (χ0) is 21.4. The average Bonchev–Trinajstić information content (AvgIpc) is 3.44. The highest BCUT2D eigenvalue weighted by Gasteiger charge is 2.31. The van der Waals surface area contributed by atoms with Gasteiger partial charge in [-0.1, -0.05) is 6.92 Å². The van der Waals surface area contributed by atoms with Gasteiger partial charge < -0.3 is 20.1 Å². The minimum absolute atomic E-state index is 0.0416. The second kappa shape index (κ2) is 8.43. The van der Waals surface area contributed by atoms with E-state index in [4.69, 9.17) is 14.8 Å². The van der Waals surface area contributed by atoms with E-state index in [0.29, 0.717) is 23.6 Å². The molecule has 8 heteroatoms. The monoisotopic (exact) mass is 423 g/mol. The lowest BCUT2D eigenvalue weighted by atomic mass is 10.0. The van der Waals surface area contributed by atoms with Crippen molar-refractivity contribution in [2.45, 2.75) is 58.1 Å². The van der Waals surface area contributed by atoms with E-state index in [2.05, 4.69) is 29.4 Å². The van der Waals surface area contributed by atoms with Gasteiger partial charge in [-0.15, -0.1) is 0 Å². The molecule has 0 bridgehead atoms. The van der Waals surface area contributed by atoms with Gasteiger partial charge in [0.25, 0.3) is 0 Å². The predicted molar refractivity (Wildman–Crippen MR) is 118 cm³/mol. The number of aromatic amines is 1. The molecule has 1 amide bonds. The molecule has 1 aromatic carbocycles. The first kappa shape index (κ1) is 20.2. The molecule has 2 fully saturated rings. The van der Waals surface area contributed by atoms with Crippen molar-refractivity contribution in [1.29, 1.82) is 0 Å². The lowest BCUT2D eigenvalue weighted by Crippen LogP contribution is -2.18. The van der Waals surface area contributed by atoms with Crippen LogP contribution in [0.4, 0.5) is 5.69 Å². The predicted octanol–water partition coefficient (Wildman–Crippen LogP) is 3.57. The number of rotatable bonds is 7. The molecule has 3 N–H and O–H groups in total. The first-order valence-electron chi connectivity index (χ1n) is 11.3. The molecular formula is C23H29N5O3. The van der Waals surface area contributed by atoms with Gasteiger partial charge in [0.15, 0.2) is 11.5 Å². The minimum atomic E-state index is -0.119. The highest BCUT2D eigenvalue weighted by molar-refractivity contribution is 5.97. The number of aliphatic hydroxyl groups is 1. The number of aliphatic hydroxyl groups excluding tert-OH is 1. The van der Waals surface area contributed by atoms with Crippen LogP contribution in [-0.4, -0.2) is 44.0 Å². The topological polar surface area (TPSA) is 105 Å². The van der Waals surface area contributed by atoms with Gasteiger partial charge in [0, 0.05) is 19.1 Å². The molecular weight excluding hydrogens is 394 g/mol. The third kappa shape index (κ3) is 4.09. The summed E-state index contributed by atoms with van der Waals surface area (Å²) in [6, 6.07) is 4.13. The summed E-state index contributed by atoms with van der Waals surface area (Å²) in [6.45, 7) is 2.94. The average molecular weight is 424 g/mol. The van der Waals surface area contributed by atoms with Gasteiger partial charge in [0.05, 0.1) is 22.9 Å². The Morgan fingerprint density at radius 3 is 2.87 bits per heavy atom. The molecule has 8 nitrogen and oxygen atoms in total. The SMILES string of the molecule is CCc1cc2nc(-c3nn(C4CCCCO4)cc3NC(=O)C3CC3)[nH]c2cc1CCO. The van der Waals surface area contributed by atoms with Crippen molar-refractivity contribution in [2.24, 2.45) is 5.92 Å². The number of ether oxygens (including phenoxy) is 1. The van der Waals surface area contributed by atoms with Crippen LogP contribution >= 0.6 is 0 Å². The number of benzene rings is 1. The van der Waals surface area contributed by atoms with Crippen LogP contribution in [0.15, 0.2) is 18.3 Å². The van der Waals surface area contributed by atoms with E-state index in [1.807, 2.05) is 10.9 Å². The first-order valence-corrected chi connectivity index (χ1v) is 11.3. The molecule has 0 radical (unpaired) electrons. The fraction of sp³-hybridized carbons (Fsp3) is 0.522. The van der Waals surface area contributed by atoms with E-state index in [-0.39, 0.29) is 24.7 Å². The van der Waals surface area contributed by atoms with Crippen LogP contribution in [0.25, 0.3) is 22.6 Å². The molecule has 1 unspecified atom stereocenters. The highest BCUT2D eigenvalue weighted by atomic mass is 16.5. The van der Waals surface area contributed by atoms with Gasteiger partial charge in [-0.3, -0.25) is 4.79 Å². The molecule has 1 aliphatic carbocycles. The van der Waals surface area contributed by atoms with Crippen LogP contribution < -0.4 is 5.32 Å². The van der Waals surface area contributed by atoms with Gasteiger partial charge in [-0.05, 0) is 68.2 Å². The van der Waals surface area contributed by atoms with E-state index >= 15 is 0 Å². The molecule has 5 rings (SSSR count). The van der Waals surface area contributed by atoms with Crippen LogP contribution in [-0.2, 0) is 22.4 Å². The summed E-state index contributed by atoms with van der Waals surface area (Å²) < 4.78 is 7.72. The van der Waals surface area contributed by atoms with E-state index in [1.54, 1.807) is 0 Å². The van der Waals surface area contributed by atoms with Crippen molar-refractivity contribution >= 4 is 22.6 Å². The first-order chi connectivity index (χ1) is 15.2. The number of hydrogen-bond donors (Lipinski definition) is 3. The molecule has 31 heavy (non-hydrogen) atoms. The Balaban J connectivity index is 1.54. The van der Waals surface area contributed by atoms with Gasteiger partial charge in [-0.2, -0.15) is 5.10 Å². The van der Waals surface area contributed by atoms with Crippen LogP contribution in [0.2, 0.25) is 0 Å². The summed E-state index contributed by atoms with van der Waals surface area (Å²) in [5.74, 6) is 0.768. The van der Waals surface area contributed by atoms with Crippen molar-refractivity contribution in [3.05, 3.63) is 29.5 Å². The number of amides is 1. The quantitative estimate of drug-likeness (QED) is 0.539. The second-order valence-electron chi connectivity index (χ2n) is 8.51. The Labute approximate surface area is 181 Å². The fourth-order valence-corrected chi connectivity index (χ4v) is 4.26. The molecule has 2 aromatic heterocycles. The van der Waals surface area contributed by atoms with E-state index < -0.39 is 0 Å². The van der Waals surface area contributed by atoms with Crippen LogP contribution in [0.1, 0.15) is 56.4 Å². The number of carbonyl (C=O) groups is 1. The molecule has 3 aromatic rings. The van der Waals surface area contributed by atoms with E-state index in [1.165, 1.54) is 5.56 Å². The molecule has 0 spiro atoms. The van der Waals surface area contributed by atoms with Crippen molar-refractivity contribution in [1.82, 2.24) is 19.7 Å². The maximum atomic E-state index is 12.5. The van der Waals surface area contributed by atoms with Crippen LogP contribution in [0, 0.1) is 5.92 Å². The third-order valence-corrected chi connectivity index (χ3v) is 6.18. The standard InChI is InChI=1S/C23H29N5O3/c1-2-14-11-17-18(12-16(14)8-9-29)25-22(24-17)21-19(26-23(30)15-6-7-15)13-28(27-21)20-5-3-4-10-31-20/h11-13,15,20,29H,2-10H2,1H3,(H,24,25)(H,26,30).